The van der Waals surface area contributed by atoms with E-state index in [1.807, 2.05) is 19.1 Å². The largest absolute Gasteiger partial charge is 0.504 e. The molecule has 0 aromatic heterocycles. The summed E-state index contributed by atoms with van der Waals surface area (Å²) >= 11 is 0. The predicted octanol–water partition coefficient (Wildman–Crippen LogP) is 1.88. The molecular formula is C14H12O5. The first-order valence-electron chi connectivity index (χ1n) is 5.55. The van der Waals surface area contributed by atoms with Crippen LogP contribution in [-0.4, -0.2) is 24.2 Å². The van der Waals surface area contributed by atoms with E-state index in [0.29, 0.717) is 5.56 Å². The molecule has 0 amide bonds. The zero-order chi connectivity index (χ0) is 14.0. The van der Waals surface area contributed by atoms with Gasteiger partial charge >= 0.3 is 11.9 Å². The van der Waals surface area contributed by atoms with Crippen LogP contribution < -0.4 is 0 Å². The van der Waals surface area contributed by atoms with Crippen molar-refractivity contribution < 1.29 is 24.2 Å². The lowest BCUT2D eigenvalue weighted by molar-refractivity contribution is -0.135. The number of methoxy groups -OCH3 is 1. The van der Waals surface area contributed by atoms with Gasteiger partial charge in [-0.15, -0.1) is 0 Å². The van der Waals surface area contributed by atoms with Gasteiger partial charge in [0.1, 0.15) is 5.57 Å². The third kappa shape index (κ3) is 2.49. The number of carbonyl (C=O) groups excluding carboxylic acids is 2. The lowest BCUT2D eigenvalue weighted by Crippen LogP contribution is -2.00. The quantitative estimate of drug-likeness (QED) is 0.649. The molecule has 1 heterocycles. The van der Waals surface area contributed by atoms with Crippen LogP contribution in [0, 0.1) is 6.92 Å². The molecule has 0 atom stereocenters. The molecule has 1 N–H and O–H groups in total. The Bertz CT molecular complexity index is 593. The summed E-state index contributed by atoms with van der Waals surface area (Å²) in [6.07, 6.45) is 0.925. The molecular weight excluding hydrogens is 248 g/mol. The van der Waals surface area contributed by atoms with E-state index < -0.39 is 11.9 Å². The lowest BCUT2D eigenvalue weighted by Gasteiger charge is -1.99. The van der Waals surface area contributed by atoms with Crippen molar-refractivity contribution in [2.45, 2.75) is 6.92 Å². The Kier molecular flexibility index (Phi) is 3.37. The molecule has 0 spiro atoms. The smallest absolute Gasteiger partial charge is 0.348 e. The van der Waals surface area contributed by atoms with Crippen molar-refractivity contribution >= 4 is 17.5 Å². The van der Waals surface area contributed by atoms with Gasteiger partial charge in [-0.1, -0.05) is 29.8 Å². The number of rotatable bonds is 2. The maximum Gasteiger partial charge on any atom is 0.348 e. The van der Waals surface area contributed by atoms with Crippen molar-refractivity contribution in [3.05, 3.63) is 53.0 Å². The van der Waals surface area contributed by atoms with Crippen molar-refractivity contribution in [3.8, 4) is 0 Å². The Morgan fingerprint density at radius 2 is 1.95 bits per heavy atom. The zero-order valence-electron chi connectivity index (χ0n) is 10.5. The molecule has 1 aromatic carbocycles. The van der Waals surface area contributed by atoms with E-state index >= 15 is 0 Å². The fourth-order valence-corrected chi connectivity index (χ4v) is 1.66. The number of hydrogen-bond donors (Lipinski definition) is 1. The summed E-state index contributed by atoms with van der Waals surface area (Å²) in [4.78, 5) is 22.8. The number of hydrogen-bond acceptors (Lipinski definition) is 5. The van der Waals surface area contributed by atoms with E-state index in [-0.39, 0.29) is 17.1 Å². The summed E-state index contributed by atoms with van der Waals surface area (Å²) in [5.41, 5.74) is 1.59. The number of ether oxygens (including phenoxy) is 2. The Morgan fingerprint density at radius 3 is 2.53 bits per heavy atom. The van der Waals surface area contributed by atoms with Gasteiger partial charge in [-0.2, -0.15) is 0 Å². The molecule has 0 bridgehead atoms. The van der Waals surface area contributed by atoms with Gasteiger partial charge in [0.05, 0.1) is 13.2 Å². The fourth-order valence-electron chi connectivity index (χ4n) is 1.66. The SMILES string of the molecule is COC(=O)/C=C1\OC(=O)C(c2ccc(C)cc2)=C1O. The van der Waals surface area contributed by atoms with Gasteiger partial charge in [-0.05, 0) is 12.5 Å². The van der Waals surface area contributed by atoms with E-state index in [4.69, 9.17) is 4.74 Å². The molecule has 0 unspecified atom stereocenters. The Balaban J connectivity index is 2.44. The summed E-state index contributed by atoms with van der Waals surface area (Å²) in [5.74, 6) is -1.97. The van der Waals surface area contributed by atoms with Crippen LogP contribution in [0.3, 0.4) is 0 Å². The summed E-state index contributed by atoms with van der Waals surface area (Å²) < 4.78 is 9.25. The first-order chi connectivity index (χ1) is 9.02. The topological polar surface area (TPSA) is 72.8 Å². The summed E-state index contributed by atoms with van der Waals surface area (Å²) in [7, 11) is 1.19. The maximum atomic E-state index is 11.7. The van der Waals surface area contributed by atoms with Crippen LogP contribution in [0.1, 0.15) is 11.1 Å². The molecule has 0 saturated heterocycles. The molecule has 1 aliphatic rings. The van der Waals surface area contributed by atoms with E-state index in [1.165, 1.54) is 7.11 Å². The second-order valence-corrected chi connectivity index (χ2v) is 4.01. The summed E-state index contributed by atoms with van der Waals surface area (Å²) in [6.45, 7) is 1.91. The molecule has 0 fully saturated rings. The second kappa shape index (κ2) is 4.97. The summed E-state index contributed by atoms with van der Waals surface area (Å²) in [5, 5.41) is 9.94. The highest BCUT2D eigenvalue weighted by molar-refractivity contribution is 6.20. The van der Waals surface area contributed by atoms with Crippen LogP contribution in [0.2, 0.25) is 0 Å². The average Bonchev–Trinajstić information content (AvgIpc) is 2.66. The number of aliphatic hydroxyl groups excluding tert-OH is 1. The zero-order valence-corrected chi connectivity index (χ0v) is 10.5. The number of carbonyl (C=O) groups is 2. The first kappa shape index (κ1) is 12.9. The Labute approximate surface area is 109 Å². The first-order valence-corrected chi connectivity index (χ1v) is 5.55. The molecule has 5 nitrogen and oxygen atoms in total. The van der Waals surface area contributed by atoms with Crippen LogP contribution in [0.4, 0.5) is 0 Å². The highest BCUT2D eigenvalue weighted by Gasteiger charge is 2.31. The van der Waals surface area contributed by atoms with Crippen LogP contribution >= 0.6 is 0 Å². The van der Waals surface area contributed by atoms with E-state index in [0.717, 1.165) is 11.6 Å². The number of aryl methyl sites for hydroxylation is 1. The average molecular weight is 260 g/mol. The normalized spacial score (nSPS) is 16.7. The van der Waals surface area contributed by atoms with Gasteiger partial charge < -0.3 is 14.6 Å². The molecule has 98 valence electrons. The monoisotopic (exact) mass is 260 g/mol. The third-order valence-corrected chi connectivity index (χ3v) is 2.67. The highest BCUT2D eigenvalue weighted by atomic mass is 16.6. The number of cyclic esters (lactones) is 1. The second-order valence-electron chi connectivity index (χ2n) is 4.01. The molecule has 19 heavy (non-hydrogen) atoms. The number of benzene rings is 1. The fraction of sp³-hybridized carbons (Fsp3) is 0.143. The molecule has 1 aromatic rings. The molecule has 0 saturated carbocycles. The molecule has 1 aliphatic heterocycles. The van der Waals surface area contributed by atoms with Gasteiger partial charge in [0.25, 0.3) is 0 Å². The van der Waals surface area contributed by atoms with Crippen molar-refractivity contribution in [2.24, 2.45) is 0 Å². The Hall–Kier alpha value is -2.56. The van der Waals surface area contributed by atoms with Crippen molar-refractivity contribution in [1.29, 1.82) is 0 Å². The minimum Gasteiger partial charge on any atom is -0.504 e. The van der Waals surface area contributed by atoms with E-state index in [9.17, 15) is 14.7 Å². The standard InChI is InChI=1S/C14H12O5/c1-8-3-5-9(6-4-8)12-13(16)10(19-14(12)17)7-11(15)18-2/h3-7,16H,1-2H3/b10-7-. The molecule has 0 radical (unpaired) electrons. The van der Waals surface area contributed by atoms with Crippen molar-refractivity contribution in [2.75, 3.05) is 7.11 Å². The van der Waals surface area contributed by atoms with Gasteiger partial charge in [-0.25, -0.2) is 9.59 Å². The molecule has 2 rings (SSSR count). The maximum absolute atomic E-state index is 11.7. The predicted molar refractivity (Wildman–Crippen MR) is 66.9 cm³/mol. The van der Waals surface area contributed by atoms with Crippen molar-refractivity contribution in [3.63, 3.8) is 0 Å². The summed E-state index contributed by atoms with van der Waals surface area (Å²) in [6, 6.07) is 7.02. The number of esters is 2. The van der Waals surface area contributed by atoms with Crippen molar-refractivity contribution in [1.82, 2.24) is 0 Å². The minimum absolute atomic E-state index is 0.0372. The third-order valence-electron chi connectivity index (χ3n) is 2.67. The van der Waals surface area contributed by atoms with Gasteiger partial charge in [-0.3, -0.25) is 0 Å². The molecule has 0 aliphatic carbocycles. The minimum atomic E-state index is -0.709. The van der Waals surface area contributed by atoms with Gasteiger partial charge in [0.2, 0.25) is 0 Å². The van der Waals surface area contributed by atoms with Crippen LogP contribution in [-0.2, 0) is 19.1 Å². The van der Waals surface area contributed by atoms with Gasteiger partial charge in [0, 0.05) is 0 Å². The van der Waals surface area contributed by atoms with Crippen LogP contribution in [0.15, 0.2) is 41.9 Å². The molecule has 5 heteroatoms. The highest BCUT2D eigenvalue weighted by Crippen LogP contribution is 2.31. The lowest BCUT2D eigenvalue weighted by atomic mass is 10.0. The van der Waals surface area contributed by atoms with E-state index in [1.54, 1.807) is 12.1 Å². The van der Waals surface area contributed by atoms with Crippen LogP contribution in [0.5, 0.6) is 0 Å². The van der Waals surface area contributed by atoms with Crippen LogP contribution in [0.25, 0.3) is 5.57 Å². The Morgan fingerprint density at radius 1 is 1.32 bits per heavy atom. The van der Waals surface area contributed by atoms with Gasteiger partial charge in [0.15, 0.2) is 11.5 Å². The van der Waals surface area contributed by atoms with E-state index in [2.05, 4.69) is 4.74 Å². The number of aliphatic hydroxyl groups is 1.